The van der Waals surface area contributed by atoms with Crippen LogP contribution in [0.4, 0.5) is 0 Å². The third-order valence-electron chi connectivity index (χ3n) is 6.77. The van der Waals surface area contributed by atoms with Crippen LogP contribution in [-0.2, 0) is 12.1 Å². The monoisotopic (exact) mass is 465 g/mol. The summed E-state index contributed by atoms with van der Waals surface area (Å²) >= 11 is 6.45. The molecule has 5 heteroatoms. The average molecular weight is 466 g/mol. The van der Waals surface area contributed by atoms with Crippen LogP contribution in [0.3, 0.4) is 0 Å². The normalized spacial score (nSPS) is 12.7. The van der Waals surface area contributed by atoms with Crippen LogP contribution in [0.2, 0.25) is 5.02 Å². The first-order valence-corrected chi connectivity index (χ1v) is 12.0. The van der Waals surface area contributed by atoms with Crippen molar-refractivity contribution in [3.8, 4) is 0 Å². The summed E-state index contributed by atoms with van der Waals surface area (Å²) in [6.45, 7) is 8.07. The quantitative estimate of drug-likeness (QED) is 0.152. The van der Waals surface area contributed by atoms with Gasteiger partial charge < -0.3 is 14.8 Å². The SMILES string of the molecule is CC[N+](CC)(CCCC(=NO)C(O)(c1ccccc1)c1ccccc1)Cc1ccccc1Cl. The van der Waals surface area contributed by atoms with E-state index in [9.17, 15) is 10.3 Å². The van der Waals surface area contributed by atoms with E-state index in [1.807, 2.05) is 78.9 Å². The van der Waals surface area contributed by atoms with Gasteiger partial charge in [-0.15, -0.1) is 0 Å². The van der Waals surface area contributed by atoms with E-state index in [-0.39, 0.29) is 0 Å². The second kappa shape index (κ2) is 11.5. The molecular weight excluding hydrogens is 432 g/mol. The first-order valence-electron chi connectivity index (χ1n) is 11.6. The third kappa shape index (κ3) is 5.64. The van der Waals surface area contributed by atoms with Crippen molar-refractivity contribution in [2.24, 2.45) is 5.16 Å². The summed E-state index contributed by atoms with van der Waals surface area (Å²) in [4.78, 5) is 0. The van der Waals surface area contributed by atoms with E-state index in [1.54, 1.807) is 0 Å². The van der Waals surface area contributed by atoms with E-state index in [4.69, 9.17) is 11.6 Å². The van der Waals surface area contributed by atoms with Gasteiger partial charge in [0.1, 0.15) is 6.54 Å². The molecule has 2 N–H and O–H groups in total. The van der Waals surface area contributed by atoms with Crippen molar-refractivity contribution in [1.29, 1.82) is 0 Å². The zero-order chi connectivity index (χ0) is 23.7. The maximum absolute atomic E-state index is 11.9. The van der Waals surface area contributed by atoms with Crippen LogP contribution in [0.25, 0.3) is 0 Å². The Labute approximate surface area is 202 Å². The highest BCUT2D eigenvalue weighted by atomic mass is 35.5. The Morgan fingerprint density at radius 2 is 1.36 bits per heavy atom. The molecule has 0 radical (unpaired) electrons. The highest BCUT2D eigenvalue weighted by Gasteiger charge is 2.38. The molecule has 0 aliphatic carbocycles. The molecule has 174 valence electrons. The maximum atomic E-state index is 11.9. The lowest BCUT2D eigenvalue weighted by Crippen LogP contribution is -2.48. The Bertz CT molecular complexity index is 995. The number of halogens is 1. The van der Waals surface area contributed by atoms with Gasteiger partial charge in [-0.25, -0.2) is 0 Å². The fourth-order valence-electron chi connectivity index (χ4n) is 4.57. The van der Waals surface area contributed by atoms with Crippen molar-refractivity contribution in [3.63, 3.8) is 0 Å². The van der Waals surface area contributed by atoms with Gasteiger partial charge in [0.15, 0.2) is 5.60 Å². The van der Waals surface area contributed by atoms with Crippen LogP contribution in [0.15, 0.2) is 90.1 Å². The number of hydrogen-bond acceptors (Lipinski definition) is 3. The maximum Gasteiger partial charge on any atom is 0.156 e. The molecule has 0 saturated carbocycles. The van der Waals surface area contributed by atoms with Crippen molar-refractivity contribution < 1.29 is 14.8 Å². The summed E-state index contributed by atoms with van der Waals surface area (Å²) in [5.74, 6) is 0. The summed E-state index contributed by atoms with van der Waals surface area (Å²) in [7, 11) is 0. The van der Waals surface area contributed by atoms with Crippen molar-refractivity contribution >= 4 is 17.3 Å². The number of benzene rings is 3. The molecule has 0 fully saturated rings. The van der Waals surface area contributed by atoms with E-state index in [2.05, 4.69) is 25.1 Å². The largest absolute Gasteiger partial charge is 0.411 e. The first kappa shape index (κ1) is 25.0. The Kier molecular flexibility index (Phi) is 8.67. The molecule has 0 amide bonds. The fourth-order valence-corrected chi connectivity index (χ4v) is 4.77. The first-order chi connectivity index (χ1) is 16.0. The van der Waals surface area contributed by atoms with Gasteiger partial charge in [-0.2, -0.15) is 0 Å². The zero-order valence-corrected chi connectivity index (χ0v) is 20.2. The Balaban J connectivity index is 1.83. The highest BCUT2D eigenvalue weighted by molar-refractivity contribution is 6.31. The number of rotatable bonds is 11. The van der Waals surface area contributed by atoms with Gasteiger partial charge >= 0.3 is 0 Å². The zero-order valence-electron chi connectivity index (χ0n) is 19.5. The second-order valence-electron chi connectivity index (χ2n) is 8.54. The molecule has 0 aliphatic heterocycles. The lowest BCUT2D eigenvalue weighted by molar-refractivity contribution is -0.937. The molecule has 3 rings (SSSR count). The molecule has 3 aromatic rings. The van der Waals surface area contributed by atoms with Crippen LogP contribution in [-0.4, -0.2) is 40.1 Å². The fraction of sp³-hybridized carbons (Fsp3) is 0.321. The highest BCUT2D eigenvalue weighted by Crippen LogP contribution is 2.33. The van der Waals surface area contributed by atoms with Crippen molar-refractivity contribution in [2.45, 2.75) is 38.8 Å². The minimum Gasteiger partial charge on any atom is -0.411 e. The van der Waals surface area contributed by atoms with E-state index >= 15 is 0 Å². The Morgan fingerprint density at radius 3 is 1.85 bits per heavy atom. The van der Waals surface area contributed by atoms with Crippen LogP contribution < -0.4 is 0 Å². The molecule has 0 spiro atoms. The molecule has 4 nitrogen and oxygen atoms in total. The van der Waals surface area contributed by atoms with E-state index in [0.717, 1.165) is 47.7 Å². The van der Waals surface area contributed by atoms with Crippen LogP contribution in [0.1, 0.15) is 43.4 Å². The summed E-state index contributed by atoms with van der Waals surface area (Å²) in [6.07, 6.45) is 1.24. The number of aliphatic hydroxyl groups is 1. The minimum absolute atomic E-state index is 0.350. The standard InChI is InChI=1S/C28H33ClN2O2/c1-3-31(4-2,22-23-14-11-12-19-26(23)29)21-13-20-27(30-33)28(32,24-15-7-5-8-16-24)25-17-9-6-10-18-25/h5-12,14-19,32H,3-4,13,20-22H2,1-2H3/p+1. The molecule has 0 saturated heterocycles. The Morgan fingerprint density at radius 1 is 0.848 bits per heavy atom. The van der Waals surface area contributed by atoms with Crippen LogP contribution in [0.5, 0.6) is 0 Å². The van der Waals surface area contributed by atoms with Crippen molar-refractivity contribution in [2.75, 3.05) is 19.6 Å². The van der Waals surface area contributed by atoms with Gasteiger partial charge in [0.2, 0.25) is 0 Å². The van der Waals surface area contributed by atoms with Crippen molar-refractivity contribution in [1.82, 2.24) is 0 Å². The lowest BCUT2D eigenvalue weighted by atomic mass is 9.80. The average Bonchev–Trinajstić information content (AvgIpc) is 2.88. The minimum atomic E-state index is -1.49. The number of quaternary nitrogens is 1. The summed E-state index contributed by atoms with van der Waals surface area (Å²) in [5, 5.41) is 26.3. The predicted molar refractivity (Wildman–Crippen MR) is 136 cm³/mol. The smallest absolute Gasteiger partial charge is 0.156 e. The molecule has 0 unspecified atom stereocenters. The molecule has 0 aliphatic rings. The molecule has 0 atom stereocenters. The number of nitrogens with zero attached hydrogens (tertiary/aromatic N) is 2. The van der Waals surface area contributed by atoms with Gasteiger partial charge in [0, 0.05) is 17.0 Å². The summed E-state index contributed by atoms with van der Waals surface area (Å²) in [6, 6.07) is 26.9. The predicted octanol–water partition coefficient (Wildman–Crippen LogP) is 6.24. The molecular formula is C28H34ClN2O2+. The molecule has 0 aromatic heterocycles. The summed E-state index contributed by atoms with van der Waals surface area (Å²) in [5.41, 5.74) is 1.37. The molecule has 0 bridgehead atoms. The van der Waals surface area contributed by atoms with Gasteiger partial charge in [-0.1, -0.05) is 95.6 Å². The molecule has 33 heavy (non-hydrogen) atoms. The second-order valence-corrected chi connectivity index (χ2v) is 8.95. The van der Waals surface area contributed by atoms with Gasteiger partial charge in [-0.05, 0) is 37.5 Å². The number of hydrogen-bond donors (Lipinski definition) is 2. The Hall–Kier alpha value is -2.66. The van der Waals surface area contributed by atoms with Gasteiger partial charge in [0.25, 0.3) is 0 Å². The molecule has 3 aromatic carbocycles. The van der Waals surface area contributed by atoms with E-state index in [1.165, 1.54) is 0 Å². The van der Waals surface area contributed by atoms with Crippen LogP contribution >= 0.6 is 11.6 Å². The molecule has 0 heterocycles. The third-order valence-corrected chi connectivity index (χ3v) is 7.14. The summed E-state index contributed by atoms with van der Waals surface area (Å²) < 4.78 is 0.873. The topological polar surface area (TPSA) is 52.8 Å². The van der Waals surface area contributed by atoms with Gasteiger partial charge in [-0.3, -0.25) is 0 Å². The van der Waals surface area contributed by atoms with Crippen LogP contribution in [0, 0.1) is 0 Å². The van der Waals surface area contributed by atoms with Gasteiger partial charge in [0.05, 0.1) is 25.3 Å². The van der Waals surface area contributed by atoms with Crippen molar-refractivity contribution in [3.05, 3.63) is 107 Å². The lowest BCUT2D eigenvalue weighted by Gasteiger charge is -2.38. The number of oxime groups is 1. The van der Waals surface area contributed by atoms with E-state index in [0.29, 0.717) is 23.3 Å². The van der Waals surface area contributed by atoms with E-state index < -0.39 is 5.60 Å².